The second-order valence-electron chi connectivity index (χ2n) is 4.31. The first-order valence-electron chi connectivity index (χ1n) is 6.43. The van der Waals surface area contributed by atoms with Gasteiger partial charge in [0.15, 0.2) is 0 Å². The number of hydrogen-bond donors (Lipinski definition) is 0. The highest BCUT2D eigenvalue weighted by Gasteiger charge is 2.11. The fourth-order valence-electron chi connectivity index (χ4n) is 1.95. The van der Waals surface area contributed by atoms with Crippen molar-refractivity contribution < 1.29 is 9.47 Å². The van der Waals surface area contributed by atoms with E-state index in [9.17, 15) is 0 Å². The smallest absolute Gasteiger partial charge is 0.133 e. The highest BCUT2D eigenvalue weighted by molar-refractivity contribution is 6.29. The van der Waals surface area contributed by atoms with Crippen LogP contribution in [0.4, 0.5) is 0 Å². The number of aromatic nitrogens is 2. The second kappa shape index (κ2) is 6.57. The summed E-state index contributed by atoms with van der Waals surface area (Å²) in [4.78, 5) is 8.78. The van der Waals surface area contributed by atoms with Crippen molar-refractivity contribution in [1.82, 2.24) is 9.97 Å². The molecular weight excluding hydrogens is 276 g/mol. The van der Waals surface area contributed by atoms with Gasteiger partial charge in [0.1, 0.15) is 22.5 Å². The molecule has 0 bridgehead atoms. The lowest BCUT2D eigenvalue weighted by molar-refractivity contribution is 0.404. The minimum Gasteiger partial charge on any atom is -0.497 e. The molecule has 0 aliphatic rings. The van der Waals surface area contributed by atoms with Crippen molar-refractivity contribution in [2.24, 2.45) is 0 Å². The first kappa shape index (κ1) is 14.6. The third-order valence-corrected chi connectivity index (χ3v) is 3.09. The van der Waals surface area contributed by atoms with Crippen LogP contribution in [-0.2, 0) is 6.42 Å². The molecule has 0 aliphatic carbocycles. The Bertz CT molecular complexity index is 602. The van der Waals surface area contributed by atoms with Gasteiger partial charge in [-0.05, 0) is 24.6 Å². The first-order valence-corrected chi connectivity index (χ1v) is 6.81. The molecule has 0 atom stereocenters. The predicted molar refractivity (Wildman–Crippen MR) is 79.6 cm³/mol. The fraction of sp³-hybridized carbons (Fsp3) is 0.333. The Morgan fingerprint density at radius 3 is 2.55 bits per heavy atom. The number of methoxy groups -OCH3 is 2. The van der Waals surface area contributed by atoms with Crippen molar-refractivity contribution in [3.63, 3.8) is 0 Å². The summed E-state index contributed by atoms with van der Waals surface area (Å²) in [5, 5.41) is 0.434. The number of hydrogen-bond acceptors (Lipinski definition) is 4. The van der Waals surface area contributed by atoms with E-state index in [0.29, 0.717) is 5.15 Å². The van der Waals surface area contributed by atoms with Crippen LogP contribution in [-0.4, -0.2) is 24.2 Å². The zero-order valence-electron chi connectivity index (χ0n) is 11.8. The molecule has 4 nitrogen and oxygen atoms in total. The Morgan fingerprint density at radius 2 is 1.90 bits per heavy atom. The zero-order valence-corrected chi connectivity index (χ0v) is 12.6. The van der Waals surface area contributed by atoms with Crippen LogP contribution < -0.4 is 9.47 Å². The Balaban J connectivity index is 2.54. The molecule has 1 aromatic carbocycles. The van der Waals surface area contributed by atoms with E-state index in [1.165, 1.54) is 0 Å². The van der Waals surface area contributed by atoms with Gasteiger partial charge >= 0.3 is 0 Å². The van der Waals surface area contributed by atoms with E-state index in [1.807, 2.05) is 18.2 Å². The number of benzene rings is 1. The molecule has 2 aromatic rings. The van der Waals surface area contributed by atoms with Gasteiger partial charge in [-0.3, -0.25) is 0 Å². The number of rotatable bonds is 5. The average Bonchev–Trinajstić information content (AvgIpc) is 2.46. The van der Waals surface area contributed by atoms with Gasteiger partial charge in [0.2, 0.25) is 0 Å². The van der Waals surface area contributed by atoms with Crippen LogP contribution in [0.2, 0.25) is 5.15 Å². The van der Waals surface area contributed by atoms with Gasteiger partial charge in [0.25, 0.3) is 0 Å². The van der Waals surface area contributed by atoms with Gasteiger partial charge in [-0.2, -0.15) is 0 Å². The molecule has 0 saturated carbocycles. The third kappa shape index (κ3) is 3.20. The van der Waals surface area contributed by atoms with Crippen LogP contribution in [0.25, 0.3) is 11.3 Å². The molecule has 1 aromatic heterocycles. The summed E-state index contributed by atoms with van der Waals surface area (Å²) in [6.07, 6.45) is 1.76. The number of nitrogens with zero attached hydrogens (tertiary/aromatic N) is 2. The maximum Gasteiger partial charge on any atom is 0.133 e. The van der Waals surface area contributed by atoms with Gasteiger partial charge in [0.05, 0.1) is 19.9 Å². The van der Waals surface area contributed by atoms with Crippen LogP contribution in [0.3, 0.4) is 0 Å². The van der Waals surface area contributed by atoms with Crippen molar-refractivity contribution >= 4 is 11.6 Å². The summed E-state index contributed by atoms with van der Waals surface area (Å²) in [6, 6.07) is 7.31. The second-order valence-corrected chi connectivity index (χ2v) is 4.70. The lowest BCUT2D eigenvalue weighted by atomic mass is 10.1. The van der Waals surface area contributed by atoms with Crippen molar-refractivity contribution in [1.29, 1.82) is 0 Å². The SMILES string of the molecule is CCCc1nc(Cl)cc(-c2cc(OC)ccc2OC)n1. The molecule has 0 radical (unpaired) electrons. The van der Waals surface area contributed by atoms with E-state index in [-0.39, 0.29) is 0 Å². The van der Waals surface area contributed by atoms with Gasteiger partial charge in [-0.1, -0.05) is 18.5 Å². The maximum atomic E-state index is 6.08. The zero-order chi connectivity index (χ0) is 14.5. The van der Waals surface area contributed by atoms with E-state index in [0.717, 1.165) is 41.4 Å². The van der Waals surface area contributed by atoms with Crippen LogP contribution in [0.1, 0.15) is 19.2 Å². The summed E-state index contributed by atoms with van der Waals surface area (Å²) in [5.74, 6) is 2.20. The Kier molecular flexibility index (Phi) is 4.79. The molecule has 0 aliphatic heterocycles. The van der Waals surface area contributed by atoms with Gasteiger partial charge < -0.3 is 9.47 Å². The van der Waals surface area contributed by atoms with Gasteiger partial charge in [-0.25, -0.2) is 9.97 Å². The third-order valence-electron chi connectivity index (χ3n) is 2.90. The maximum absolute atomic E-state index is 6.08. The Hall–Kier alpha value is -1.81. The van der Waals surface area contributed by atoms with Crippen LogP contribution >= 0.6 is 11.6 Å². The lowest BCUT2D eigenvalue weighted by Gasteiger charge is -2.11. The summed E-state index contributed by atoms with van der Waals surface area (Å²) >= 11 is 6.08. The molecule has 0 fully saturated rings. The highest BCUT2D eigenvalue weighted by Crippen LogP contribution is 2.33. The van der Waals surface area contributed by atoms with Crippen LogP contribution in [0.5, 0.6) is 11.5 Å². The predicted octanol–water partition coefficient (Wildman–Crippen LogP) is 3.77. The van der Waals surface area contributed by atoms with E-state index >= 15 is 0 Å². The molecule has 0 spiro atoms. The molecule has 0 amide bonds. The van der Waals surface area contributed by atoms with E-state index < -0.39 is 0 Å². The molecule has 5 heteroatoms. The number of ether oxygens (including phenoxy) is 2. The summed E-state index contributed by atoms with van der Waals surface area (Å²) in [5.41, 5.74) is 1.58. The Labute approximate surface area is 123 Å². The minimum atomic E-state index is 0.434. The Morgan fingerprint density at radius 1 is 1.10 bits per heavy atom. The summed E-state index contributed by atoms with van der Waals surface area (Å²) < 4.78 is 10.6. The van der Waals surface area contributed by atoms with E-state index in [2.05, 4.69) is 16.9 Å². The highest BCUT2D eigenvalue weighted by atomic mass is 35.5. The van der Waals surface area contributed by atoms with Crippen molar-refractivity contribution in [2.45, 2.75) is 19.8 Å². The molecule has 20 heavy (non-hydrogen) atoms. The van der Waals surface area contributed by atoms with Crippen molar-refractivity contribution in [3.05, 3.63) is 35.2 Å². The van der Waals surface area contributed by atoms with Gasteiger partial charge in [-0.15, -0.1) is 0 Å². The summed E-state index contributed by atoms with van der Waals surface area (Å²) in [7, 11) is 3.25. The standard InChI is InChI=1S/C15H17ClN2O2/c1-4-5-15-17-12(9-14(16)18-15)11-8-10(19-2)6-7-13(11)20-3/h6-9H,4-5H2,1-3H3. The van der Waals surface area contributed by atoms with Crippen LogP contribution in [0, 0.1) is 0 Å². The average molecular weight is 293 g/mol. The van der Waals surface area contributed by atoms with Crippen LogP contribution in [0.15, 0.2) is 24.3 Å². The van der Waals surface area contributed by atoms with Crippen molar-refractivity contribution in [2.75, 3.05) is 14.2 Å². The molecule has 0 saturated heterocycles. The summed E-state index contributed by atoms with van der Waals surface area (Å²) in [6.45, 7) is 2.08. The topological polar surface area (TPSA) is 44.2 Å². The minimum absolute atomic E-state index is 0.434. The fourth-order valence-corrected chi connectivity index (χ4v) is 2.15. The molecule has 0 unspecified atom stereocenters. The van der Waals surface area contributed by atoms with E-state index in [1.54, 1.807) is 20.3 Å². The molecule has 2 rings (SSSR count). The normalized spacial score (nSPS) is 10.4. The largest absolute Gasteiger partial charge is 0.497 e. The lowest BCUT2D eigenvalue weighted by Crippen LogP contribution is -1.98. The van der Waals surface area contributed by atoms with Gasteiger partial charge in [0, 0.05) is 18.1 Å². The first-order chi connectivity index (χ1) is 9.67. The number of halogens is 1. The number of aryl methyl sites for hydroxylation is 1. The molecule has 106 valence electrons. The molecule has 1 heterocycles. The van der Waals surface area contributed by atoms with E-state index in [4.69, 9.17) is 21.1 Å². The molecule has 0 N–H and O–H groups in total. The monoisotopic (exact) mass is 292 g/mol. The molecular formula is C15H17ClN2O2. The quantitative estimate of drug-likeness (QED) is 0.787. The van der Waals surface area contributed by atoms with Crippen molar-refractivity contribution in [3.8, 4) is 22.8 Å².